The molecule has 0 radical (unpaired) electrons. The Morgan fingerprint density at radius 1 is 1.20 bits per heavy atom. The number of unbranched alkanes of at least 4 members (excludes halogenated alkanes) is 1. The number of ether oxygens (including phenoxy) is 2. The van der Waals surface area contributed by atoms with Crippen LogP contribution in [0.3, 0.4) is 0 Å². The molecule has 0 saturated carbocycles. The van der Waals surface area contributed by atoms with Gasteiger partial charge in [-0.05, 0) is 12.3 Å². The molecule has 0 bridgehead atoms. The SMILES string of the molecule is CCCCC(CC)CC(OC)(OC)[SiH2]C. The summed E-state index contributed by atoms with van der Waals surface area (Å²) in [5.41, 5.74) is -0.214. The minimum absolute atomic E-state index is 0.214. The first-order chi connectivity index (χ1) is 7.17. The first-order valence-electron chi connectivity index (χ1n) is 6.28. The molecule has 0 rings (SSSR count). The standard InChI is InChI=1S/C12H28O2Si/c1-6-8-9-11(7-2)10-12(13-3,14-4)15-5/h11H,6-10,15H2,1-5H3. The minimum Gasteiger partial charge on any atom is -0.358 e. The molecule has 15 heavy (non-hydrogen) atoms. The van der Waals surface area contributed by atoms with Crippen LogP contribution in [0.5, 0.6) is 0 Å². The van der Waals surface area contributed by atoms with Gasteiger partial charge in [-0.3, -0.25) is 0 Å². The summed E-state index contributed by atoms with van der Waals surface area (Å²) in [6.45, 7) is 6.79. The van der Waals surface area contributed by atoms with Gasteiger partial charge in [-0.2, -0.15) is 0 Å². The van der Waals surface area contributed by atoms with E-state index >= 15 is 0 Å². The molecule has 0 aromatic heterocycles. The highest BCUT2D eigenvalue weighted by Gasteiger charge is 2.30. The Kier molecular flexibility index (Phi) is 8.38. The van der Waals surface area contributed by atoms with Gasteiger partial charge in [0.25, 0.3) is 0 Å². The van der Waals surface area contributed by atoms with Crippen molar-refractivity contribution in [3.63, 3.8) is 0 Å². The maximum absolute atomic E-state index is 5.59. The summed E-state index contributed by atoms with van der Waals surface area (Å²) in [7, 11) is 3.27. The van der Waals surface area contributed by atoms with E-state index in [0.29, 0.717) is 0 Å². The lowest BCUT2D eigenvalue weighted by atomic mass is 9.95. The quantitative estimate of drug-likeness (QED) is 0.449. The molecule has 0 aliphatic heterocycles. The summed E-state index contributed by atoms with van der Waals surface area (Å²) < 4.78 is 11.2. The molecule has 0 amide bonds. The van der Waals surface area contributed by atoms with E-state index in [1.807, 2.05) is 0 Å². The topological polar surface area (TPSA) is 18.5 Å². The molecular formula is C12H28O2Si. The van der Waals surface area contributed by atoms with E-state index in [9.17, 15) is 0 Å². The van der Waals surface area contributed by atoms with E-state index in [1.165, 1.54) is 25.7 Å². The molecule has 0 aromatic carbocycles. The van der Waals surface area contributed by atoms with Crippen LogP contribution in [0.25, 0.3) is 0 Å². The molecule has 92 valence electrons. The van der Waals surface area contributed by atoms with Crippen molar-refractivity contribution in [3.8, 4) is 0 Å². The molecule has 0 saturated heterocycles. The zero-order valence-corrected chi connectivity index (χ0v) is 12.6. The van der Waals surface area contributed by atoms with E-state index in [2.05, 4.69) is 20.4 Å². The fourth-order valence-electron chi connectivity index (χ4n) is 2.07. The van der Waals surface area contributed by atoms with Gasteiger partial charge in [0.1, 0.15) is 5.41 Å². The van der Waals surface area contributed by atoms with Gasteiger partial charge in [0, 0.05) is 14.2 Å². The maximum Gasteiger partial charge on any atom is 0.144 e. The molecule has 0 aliphatic carbocycles. The van der Waals surface area contributed by atoms with E-state index in [4.69, 9.17) is 9.47 Å². The van der Waals surface area contributed by atoms with Crippen LogP contribution in [0.4, 0.5) is 0 Å². The molecule has 2 nitrogen and oxygen atoms in total. The minimum atomic E-state index is -0.299. The van der Waals surface area contributed by atoms with Crippen LogP contribution in [0, 0.1) is 5.92 Å². The molecule has 3 heteroatoms. The molecular weight excluding hydrogens is 204 g/mol. The molecule has 0 aliphatic rings. The van der Waals surface area contributed by atoms with Crippen molar-refractivity contribution in [1.29, 1.82) is 0 Å². The maximum atomic E-state index is 5.59. The molecule has 0 fully saturated rings. The third-order valence-corrected chi connectivity index (χ3v) is 5.37. The van der Waals surface area contributed by atoms with E-state index in [-0.39, 0.29) is 14.9 Å². The van der Waals surface area contributed by atoms with Gasteiger partial charge in [-0.1, -0.05) is 46.1 Å². The lowest BCUT2D eigenvalue weighted by molar-refractivity contribution is -0.156. The summed E-state index contributed by atoms with van der Waals surface area (Å²) in [6, 6.07) is 0. The normalized spacial score (nSPS) is 15.0. The monoisotopic (exact) mass is 232 g/mol. The Bertz CT molecular complexity index is 138. The van der Waals surface area contributed by atoms with Crippen molar-refractivity contribution in [2.75, 3.05) is 14.2 Å². The van der Waals surface area contributed by atoms with Crippen LogP contribution in [0.1, 0.15) is 46.0 Å². The molecule has 1 atom stereocenters. The number of hydrogen-bond acceptors (Lipinski definition) is 2. The summed E-state index contributed by atoms with van der Waals surface area (Å²) in [4.78, 5) is 0. The van der Waals surface area contributed by atoms with Crippen molar-refractivity contribution >= 4 is 9.52 Å². The summed E-state index contributed by atoms with van der Waals surface area (Å²) in [5, 5.41) is 0. The highest BCUT2D eigenvalue weighted by atomic mass is 28.2. The van der Waals surface area contributed by atoms with Crippen LogP contribution < -0.4 is 0 Å². The fraction of sp³-hybridized carbons (Fsp3) is 1.00. The Morgan fingerprint density at radius 3 is 2.13 bits per heavy atom. The Balaban J connectivity index is 4.21. The first kappa shape index (κ1) is 15.1. The van der Waals surface area contributed by atoms with Crippen molar-refractivity contribution in [2.45, 2.75) is 57.9 Å². The van der Waals surface area contributed by atoms with E-state index in [1.54, 1.807) is 14.2 Å². The van der Waals surface area contributed by atoms with Gasteiger partial charge in [-0.15, -0.1) is 0 Å². The van der Waals surface area contributed by atoms with Gasteiger partial charge in [0.15, 0.2) is 0 Å². The second-order valence-electron chi connectivity index (χ2n) is 4.29. The van der Waals surface area contributed by atoms with Gasteiger partial charge >= 0.3 is 0 Å². The fourth-order valence-corrected chi connectivity index (χ4v) is 3.34. The van der Waals surface area contributed by atoms with Crippen molar-refractivity contribution < 1.29 is 9.47 Å². The van der Waals surface area contributed by atoms with Crippen LogP contribution in [0.15, 0.2) is 0 Å². The van der Waals surface area contributed by atoms with Crippen LogP contribution in [0.2, 0.25) is 6.55 Å². The number of hydrogen-bond donors (Lipinski definition) is 0. The Labute approximate surface area is 97.6 Å². The van der Waals surface area contributed by atoms with Gasteiger partial charge in [-0.25, -0.2) is 0 Å². The summed E-state index contributed by atoms with van der Waals surface area (Å²) >= 11 is 0. The van der Waals surface area contributed by atoms with Gasteiger partial charge in [0.05, 0.1) is 9.52 Å². The van der Waals surface area contributed by atoms with Crippen molar-refractivity contribution in [1.82, 2.24) is 0 Å². The third kappa shape index (κ3) is 5.14. The molecule has 0 heterocycles. The van der Waals surface area contributed by atoms with E-state index in [0.717, 1.165) is 12.3 Å². The highest BCUT2D eigenvalue weighted by Crippen LogP contribution is 2.26. The van der Waals surface area contributed by atoms with Crippen LogP contribution in [-0.4, -0.2) is 29.1 Å². The Morgan fingerprint density at radius 2 is 1.80 bits per heavy atom. The lowest BCUT2D eigenvalue weighted by Gasteiger charge is -2.33. The summed E-state index contributed by atoms with van der Waals surface area (Å²) in [5.74, 6) is 0.761. The highest BCUT2D eigenvalue weighted by molar-refractivity contribution is 6.37. The average molecular weight is 232 g/mol. The largest absolute Gasteiger partial charge is 0.358 e. The molecule has 0 spiro atoms. The zero-order chi connectivity index (χ0) is 11.7. The van der Waals surface area contributed by atoms with Crippen molar-refractivity contribution in [2.24, 2.45) is 5.92 Å². The second-order valence-corrected chi connectivity index (χ2v) is 6.08. The molecule has 1 unspecified atom stereocenters. The summed E-state index contributed by atoms with van der Waals surface area (Å²) in [6.07, 6.45) is 6.25. The molecule has 0 N–H and O–H groups in total. The van der Waals surface area contributed by atoms with Crippen LogP contribution in [-0.2, 0) is 9.47 Å². The molecule has 0 aromatic rings. The van der Waals surface area contributed by atoms with Crippen LogP contribution >= 0.6 is 0 Å². The Hall–Kier alpha value is 0.137. The first-order valence-corrected chi connectivity index (χ1v) is 8.40. The second kappa shape index (κ2) is 8.31. The predicted octanol–water partition coefficient (Wildman–Crippen LogP) is 2.76. The third-order valence-electron chi connectivity index (χ3n) is 3.43. The lowest BCUT2D eigenvalue weighted by Crippen LogP contribution is -2.41. The van der Waals surface area contributed by atoms with E-state index < -0.39 is 0 Å². The number of rotatable bonds is 9. The predicted molar refractivity (Wildman–Crippen MR) is 69.1 cm³/mol. The van der Waals surface area contributed by atoms with Crippen molar-refractivity contribution in [3.05, 3.63) is 0 Å². The number of methoxy groups -OCH3 is 2. The smallest absolute Gasteiger partial charge is 0.144 e. The zero-order valence-electron chi connectivity index (χ0n) is 11.1. The van der Waals surface area contributed by atoms with Gasteiger partial charge in [0.2, 0.25) is 0 Å². The van der Waals surface area contributed by atoms with Gasteiger partial charge < -0.3 is 9.47 Å². The average Bonchev–Trinajstić information content (AvgIpc) is 2.30.